The van der Waals surface area contributed by atoms with E-state index in [0.717, 1.165) is 0 Å². The second kappa shape index (κ2) is 6.41. The highest BCUT2D eigenvalue weighted by molar-refractivity contribution is 9.11. The third kappa shape index (κ3) is 2.85. The number of phenols is 1. The number of methoxy groups -OCH3 is 1. The van der Waals surface area contributed by atoms with Gasteiger partial charge in [0.05, 0.1) is 27.2 Å². The number of carbonyl (C=O) groups excluding carboxylic acids is 2. The van der Waals surface area contributed by atoms with Crippen LogP contribution in [0.2, 0.25) is 0 Å². The molecule has 122 valence electrons. The van der Waals surface area contributed by atoms with Gasteiger partial charge in [0.15, 0.2) is 0 Å². The summed E-state index contributed by atoms with van der Waals surface area (Å²) >= 11 is 6.76. The highest BCUT2D eigenvalue weighted by Crippen LogP contribution is 2.40. The van der Waals surface area contributed by atoms with Crippen LogP contribution >= 0.6 is 31.9 Å². The van der Waals surface area contributed by atoms with E-state index in [2.05, 4.69) is 31.9 Å². The molecule has 2 aromatic carbocycles. The van der Waals surface area contributed by atoms with Crippen molar-refractivity contribution in [1.82, 2.24) is 0 Å². The molecule has 1 heterocycles. The standard InChI is InChI=1S/C17H10Br2O5/c1-23-15-11(18)6-9(7-12(15)19)14-13(16(21)24-17(14)22)8-2-4-10(20)5-3-8/h2-7,20H,1H3. The number of benzene rings is 2. The normalized spacial score (nSPS) is 14.1. The van der Waals surface area contributed by atoms with Crippen LogP contribution < -0.4 is 4.74 Å². The number of rotatable bonds is 3. The molecule has 0 bridgehead atoms. The first-order valence-corrected chi connectivity index (χ1v) is 8.34. The number of hydrogen-bond acceptors (Lipinski definition) is 5. The first-order valence-electron chi connectivity index (χ1n) is 6.76. The van der Waals surface area contributed by atoms with E-state index in [1.54, 1.807) is 24.3 Å². The van der Waals surface area contributed by atoms with E-state index in [4.69, 9.17) is 9.47 Å². The van der Waals surface area contributed by atoms with Gasteiger partial charge in [0, 0.05) is 0 Å². The smallest absolute Gasteiger partial charge is 0.347 e. The molecule has 1 aliphatic heterocycles. The number of esters is 2. The number of cyclic esters (lactones) is 2. The number of halogens is 2. The van der Waals surface area contributed by atoms with Gasteiger partial charge in [-0.25, -0.2) is 9.59 Å². The Bertz CT molecular complexity index is 861. The number of carbonyl (C=O) groups is 2. The predicted molar refractivity (Wildman–Crippen MR) is 94.4 cm³/mol. The summed E-state index contributed by atoms with van der Waals surface area (Å²) in [6, 6.07) is 9.35. The molecule has 0 saturated heterocycles. The second-order valence-electron chi connectivity index (χ2n) is 4.95. The van der Waals surface area contributed by atoms with Crippen LogP contribution in [-0.4, -0.2) is 24.2 Å². The molecule has 0 aromatic heterocycles. The number of hydrogen-bond donors (Lipinski definition) is 1. The Morgan fingerprint density at radius 3 is 1.92 bits per heavy atom. The van der Waals surface area contributed by atoms with Crippen LogP contribution in [0.1, 0.15) is 11.1 Å². The van der Waals surface area contributed by atoms with Crippen LogP contribution in [0.15, 0.2) is 45.3 Å². The Morgan fingerprint density at radius 2 is 1.42 bits per heavy atom. The van der Waals surface area contributed by atoms with Gasteiger partial charge in [0.1, 0.15) is 11.5 Å². The van der Waals surface area contributed by atoms with E-state index < -0.39 is 11.9 Å². The summed E-state index contributed by atoms with van der Waals surface area (Å²) in [4.78, 5) is 24.3. The highest BCUT2D eigenvalue weighted by atomic mass is 79.9. The quantitative estimate of drug-likeness (QED) is 0.563. The maximum Gasteiger partial charge on any atom is 0.347 e. The summed E-state index contributed by atoms with van der Waals surface area (Å²) < 4.78 is 11.3. The maximum absolute atomic E-state index is 12.2. The summed E-state index contributed by atoms with van der Waals surface area (Å²) in [6.45, 7) is 0. The summed E-state index contributed by atoms with van der Waals surface area (Å²) in [5.74, 6) is -0.799. The monoisotopic (exact) mass is 452 g/mol. The zero-order valence-electron chi connectivity index (χ0n) is 12.3. The Labute approximate surface area is 154 Å². The van der Waals surface area contributed by atoms with Gasteiger partial charge in [0.25, 0.3) is 0 Å². The summed E-state index contributed by atoms with van der Waals surface area (Å²) in [7, 11) is 1.53. The van der Waals surface area contributed by atoms with Crippen molar-refractivity contribution in [2.45, 2.75) is 0 Å². The number of aromatic hydroxyl groups is 1. The van der Waals surface area contributed by atoms with Crippen LogP contribution in [0.4, 0.5) is 0 Å². The van der Waals surface area contributed by atoms with E-state index in [-0.39, 0.29) is 16.9 Å². The molecule has 0 aliphatic carbocycles. The minimum absolute atomic E-state index is 0.0635. The van der Waals surface area contributed by atoms with Crippen molar-refractivity contribution in [3.05, 3.63) is 56.5 Å². The van der Waals surface area contributed by atoms with Crippen molar-refractivity contribution in [2.75, 3.05) is 7.11 Å². The van der Waals surface area contributed by atoms with E-state index in [1.807, 2.05) is 0 Å². The second-order valence-corrected chi connectivity index (χ2v) is 6.66. The molecule has 1 aliphatic rings. The average molecular weight is 454 g/mol. The molecule has 0 fully saturated rings. The van der Waals surface area contributed by atoms with Crippen LogP contribution in [0, 0.1) is 0 Å². The fourth-order valence-corrected chi connectivity index (χ4v) is 3.95. The Morgan fingerprint density at radius 1 is 0.917 bits per heavy atom. The molecule has 3 rings (SSSR count). The van der Waals surface area contributed by atoms with Crippen molar-refractivity contribution in [3.63, 3.8) is 0 Å². The number of ether oxygens (including phenoxy) is 2. The lowest BCUT2D eigenvalue weighted by atomic mass is 9.96. The van der Waals surface area contributed by atoms with E-state index in [0.29, 0.717) is 25.8 Å². The molecule has 5 nitrogen and oxygen atoms in total. The third-order valence-electron chi connectivity index (χ3n) is 3.49. The van der Waals surface area contributed by atoms with Crippen molar-refractivity contribution in [3.8, 4) is 11.5 Å². The third-order valence-corrected chi connectivity index (χ3v) is 4.67. The molecule has 0 unspecified atom stereocenters. The predicted octanol–water partition coefficient (Wildman–Crippen LogP) is 3.92. The molecule has 1 N–H and O–H groups in total. The molecule has 2 aromatic rings. The van der Waals surface area contributed by atoms with E-state index in [1.165, 1.54) is 19.2 Å². The lowest BCUT2D eigenvalue weighted by Gasteiger charge is -2.10. The first-order chi connectivity index (χ1) is 11.4. The van der Waals surface area contributed by atoms with Gasteiger partial charge >= 0.3 is 11.9 Å². The van der Waals surface area contributed by atoms with Gasteiger partial charge in [-0.1, -0.05) is 12.1 Å². The number of phenolic OH excluding ortho intramolecular Hbond substituents is 1. The lowest BCUT2D eigenvalue weighted by Crippen LogP contribution is -2.02. The van der Waals surface area contributed by atoms with Crippen LogP contribution in [0.5, 0.6) is 11.5 Å². The van der Waals surface area contributed by atoms with Gasteiger partial charge in [-0.15, -0.1) is 0 Å². The molecule has 24 heavy (non-hydrogen) atoms. The molecular weight excluding hydrogens is 444 g/mol. The lowest BCUT2D eigenvalue weighted by molar-refractivity contribution is -0.149. The summed E-state index contributed by atoms with van der Waals surface area (Å²) in [5, 5.41) is 9.41. The summed E-state index contributed by atoms with van der Waals surface area (Å²) in [5.41, 5.74) is 1.31. The van der Waals surface area contributed by atoms with Crippen molar-refractivity contribution in [1.29, 1.82) is 0 Å². The Hall–Kier alpha value is -2.12. The van der Waals surface area contributed by atoms with E-state index in [9.17, 15) is 14.7 Å². The Balaban J connectivity index is 2.23. The molecular formula is C17H10Br2O5. The molecule has 0 spiro atoms. The maximum atomic E-state index is 12.2. The Kier molecular flexibility index (Phi) is 4.47. The molecule has 0 amide bonds. The van der Waals surface area contributed by atoms with Gasteiger partial charge < -0.3 is 14.6 Å². The van der Waals surface area contributed by atoms with Gasteiger partial charge in [-0.2, -0.15) is 0 Å². The van der Waals surface area contributed by atoms with Gasteiger partial charge in [0.2, 0.25) is 0 Å². The fourth-order valence-electron chi connectivity index (χ4n) is 2.44. The largest absolute Gasteiger partial charge is 0.508 e. The van der Waals surface area contributed by atoms with Crippen LogP contribution in [0.25, 0.3) is 11.1 Å². The van der Waals surface area contributed by atoms with Gasteiger partial charge in [-0.3, -0.25) is 0 Å². The first kappa shape index (κ1) is 16.7. The summed E-state index contributed by atoms with van der Waals surface area (Å²) in [6.07, 6.45) is 0. The fraction of sp³-hybridized carbons (Fsp3) is 0.0588. The van der Waals surface area contributed by atoms with Crippen LogP contribution in [-0.2, 0) is 14.3 Å². The SMILES string of the molecule is COc1c(Br)cc(C2=C(c3ccc(O)cc3)C(=O)OC2=O)cc1Br. The van der Waals surface area contributed by atoms with E-state index >= 15 is 0 Å². The molecule has 7 heteroatoms. The van der Waals surface area contributed by atoms with Crippen molar-refractivity contribution in [2.24, 2.45) is 0 Å². The molecule has 0 atom stereocenters. The van der Waals surface area contributed by atoms with Crippen molar-refractivity contribution < 1.29 is 24.2 Å². The molecule has 0 radical (unpaired) electrons. The molecule has 0 saturated carbocycles. The minimum atomic E-state index is -0.719. The van der Waals surface area contributed by atoms with Gasteiger partial charge in [-0.05, 0) is 67.3 Å². The highest BCUT2D eigenvalue weighted by Gasteiger charge is 2.35. The zero-order chi connectivity index (χ0) is 17.4. The average Bonchev–Trinajstić information content (AvgIpc) is 2.82. The topological polar surface area (TPSA) is 72.8 Å². The minimum Gasteiger partial charge on any atom is -0.508 e. The van der Waals surface area contributed by atoms with Crippen LogP contribution in [0.3, 0.4) is 0 Å². The zero-order valence-corrected chi connectivity index (χ0v) is 15.5. The van der Waals surface area contributed by atoms with Crippen molar-refractivity contribution >= 4 is 54.9 Å².